The zero-order valence-corrected chi connectivity index (χ0v) is 11.9. The highest BCUT2D eigenvalue weighted by Gasteiger charge is 2.20. The normalized spacial score (nSPS) is 14.2. The van der Waals surface area contributed by atoms with Gasteiger partial charge in [-0.3, -0.25) is 0 Å². The first-order chi connectivity index (χ1) is 7.86. The van der Waals surface area contributed by atoms with Gasteiger partial charge in [0.2, 0.25) is 0 Å². The number of hydrogen-bond acceptors (Lipinski definition) is 2. The Morgan fingerprint density at radius 3 is 1.65 bits per heavy atom. The van der Waals surface area contributed by atoms with Crippen molar-refractivity contribution in [3.63, 3.8) is 0 Å². The van der Waals surface area contributed by atoms with E-state index in [-0.39, 0.29) is 12.4 Å². The summed E-state index contributed by atoms with van der Waals surface area (Å²) in [5.74, 6) is 1.34. The Kier molecular flexibility index (Phi) is 6.24. The first-order valence-corrected chi connectivity index (χ1v) is 6.64. The van der Waals surface area contributed by atoms with Crippen LogP contribution in [0.5, 0.6) is 0 Å². The van der Waals surface area contributed by atoms with E-state index >= 15 is 0 Å². The van der Waals surface area contributed by atoms with Crippen LogP contribution in [0.15, 0.2) is 24.3 Å². The average Bonchev–Trinajstić information content (AvgIpc) is 2.33. The topological polar surface area (TPSA) is 6.48 Å². The molecular formula is C12H17Cl3N2. The number of alkyl halides is 2. The van der Waals surface area contributed by atoms with Crippen molar-refractivity contribution < 1.29 is 0 Å². The van der Waals surface area contributed by atoms with Crippen LogP contribution in [0.4, 0.5) is 11.4 Å². The van der Waals surface area contributed by atoms with E-state index in [1.807, 2.05) is 0 Å². The molecule has 1 aliphatic heterocycles. The maximum Gasteiger partial charge on any atom is 0.0605 e. The van der Waals surface area contributed by atoms with Crippen LogP contribution in [0, 0.1) is 0 Å². The predicted molar refractivity (Wildman–Crippen MR) is 79.6 cm³/mol. The van der Waals surface area contributed by atoms with Gasteiger partial charge in [-0.2, -0.15) is 0 Å². The van der Waals surface area contributed by atoms with Crippen LogP contribution >= 0.6 is 35.6 Å². The number of fused-ring (bicyclic) bond motifs is 1. The van der Waals surface area contributed by atoms with E-state index < -0.39 is 0 Å². The lowest BCUT2D eigenvalue weighted by atomic mass is 10.1. The van der Waals surface area contributed by atoms with Gasteiger partial charge < -0.3 is 9.80 Å². The molecule has 1 aromatic rings. The molecule has 1 aromatic carbocycles. The summed E-state index contributed by atoms with van der Waals surface area (Å²) in [6, 6.07) is 8.46. The number of rotatable bonds is 4. The van der Waals surface area contributed by atoms with E-state index in [1.54, 1.807) is 0 Å². The molecule has 0 fully saturated rings. The molecular weight excluding hydrogens is 279 g/mol. The SMILES string of the molecule is Cl.ClCCN1CCN(CCCl)c2ccccc21. The molecule has 0 spiro atoms. The molecule has 17 heavy (non-hydrogen) atoms. The van der Waals surface area contributed by atoms with Crippen LogP contribution in [0.25, 0.3) is 0 Å². The van der Waals surface area contributed by atoms with Gasteiger partial charge in [-0.05, 0) is 12.1 Å². The second-order valence-corrected chi connectivity index (χ2v) is 4.60. The Labute approximate surface area is 119 Å². The molecule has 0 bridgehead atoms. The highest BCUT2D eigenvalue weighted by molar-refractivity contribution is 6.18. The van der Waals surface area contributed by atoms with E-state index in [4.69, 9.17) is 23.2 Å². The van der Waals surface area contributed by atoms with E-state index in [2.05, 4.69) is 34.1 Å². The van der Waals surface area contributed by atoms with Gasteiger partial charge in [-0.25, -0.2) is 0 Å². The van der Waals surface area contributed by atoms with Crippen molar-refractivity contribution in [3.8, 4) is 0 Å². The van der Waals surface area contributed by atoms with Gasteiger partial charge in [0.1, 0.15) is 0 Å². The standard InChI is InChI=1S/C12H16Cl2N2.ClH/c13-5-7-15-9-10-16(8-6-14)12-4-2-1-3-11(12)15;/h1-4H,5-10H2;1H. The minimum atomic E-state index is 0. The monoisotopic (exact) mass is 294 g/mol. The van der Waals surface area contributed by atoms with Crippen molar-refractivity contribution in [2.45, 2.75) is 0 Å². The van der Waals surface area contributed by atoms with Crippen LogP contribution in [-0.4, -0.2) is 37.9 Å². The van der Waals surface area contributed by atoms with Crippen molar-refractivity contribution in [1.29, 1.82) is 0 Å². The highest BCUT2D eigenvalue weighted by Crippen LogP contribution is 2.32. The molecule has 0 aliphatic carbocycles. The van der Waals surface area contributed by atoms with E-state index in [9.17, 15) is 0 Å². The molecule has 2 rings (SSSR count). The molecule has 96 valence electrons. The third kappa shape index (κ3) is 3.34. The lowest BCUT2D eigenvalue weighted by Crippen LogP contribution is -2.42. The molecule has 0 saturated carbocycles. The third-order valence-electron chi connectivity index (χ3n) is 2.91. The van der Waals surface area contributed by atoms with E-state index in [0.29, 0.717) is 11.8 Å². The maximum absolute atomic E-state index is 5.82. The summed E-state index contributed by atoms with van der Waals surface area (Å²) in [6.07, 6.45) is 0. The molecule has 1 heterocycles. The fourth-order valence-electron chi connectivity index (χ4n) is 2.15. The molecule has 0 N–H and O–H groups in total. The Morgan fingerprint density at radius 2 is 1.29 bits per heavy atom. The summed E-state index contributed by atoms with van der Waals surface area (Å²) in [6.45, 7) is 3.88. The van der Waals surface area contributed by atoms with Crippen molar-refractivity contribution in [1.82, 2.24) is 0 Å². The minimum Gasteiger partial charge on any atom is -0.367 e. The number of hydrogen-bond donors (Lipinski definition) is 0. The molecule has 0 unspecified atom stereocenters. The summed E-state index contributed by atoms with van der Waals surface area (Å²) in [5, 5.41) is 0. The van der Waals surface area contributed by atoms with E-state index in [1.165, 1.54) is 11.4 Å². The molecule has 0 atom stereocenters. The largest absolute Gasteiger partial charge is 0.367 e. The lowest BCUT2D eigenvalue weighted by molar-refractivity contribution is 0.726. The Balaban J connectivity index is 0.00000144. The Morgan fingerprint density at radius 1 is 0.882 bits per heavy atom. The molecule has 0 saturated heterocycles. The number of benzene rings is 1. The van der Waals surface area contributed by atoms with Crippen molar-refractivity contribution in [2.75, 3.05) is 47.7 Å². The minimum absolute atomic E-state index is 0. The third-order valence-corrected chi connectivity index (χ3v) is 3.25. The van der Waals surface area contributed by atoms with Crippen molar-refractivity contribution in [2.24, 2.45) is 0 Å². The van der Waals surface area contributed by atoms with Gasteiger partial charge in [0, 0.05) is 37.9 Å². The highest BCUT2D eigenvalue weighted by atomic mass is 35.5. The van der Waals surface area contributed by atoms with Crippen LogP contribution < -0.4 is 9.80 Å². The first-order valence-electron chi connectivity index (χ1n) is 5.57. The maximum atomic E-state index is 5.82. The summed E-state index contributed by atoms with van der Waals surface area (Å²) >= 11 is 11.6. The summed E-state index contributed by atoms with van der Waals surface area (Å²) < 4.78 is 0. The molecule has 0 radical (unpaired) electrons. The first kappa shape index (κ1) is 14.7. The summed E-state index contributed by atoms with van der Waals surface area (Å²) in [7, 11) is 0. The average molecular weight is 296 g/mol. The number of para-hydroxylation sites is 2. The fourth-order valence-corrected chi connectivity index (χ4v) is 2.56. The Bertz CT molecular complexity index is 313. The van der Waals surface area contributed by atoms with E-state index in [0.717, 1.165) is 26.2 Å². The van der Waals surface area contributed by atoms with Crippen molar-refractivity contribution in [3.05, 3.63) is 24.3 Å². The van der Waals surface area contributed by atoms with Gasteiger partial charge in [0.25, 0.3) is 0 Å². The van der Waals surface area contributed by atoms with Crippen LogP contribution in [0.3, 0.4) is 0 Å². The lowest BCUT2D eigenvalue weighted by Gasteiger charge is -2.38. The summed E-state index contributed by atoms with van der Waals surface area (Å²) in [4.78, 5) is 4.68. The second kappa shape index (κ2) is 7.20. The zero-order valence-electron chi connectivity index (χ0n) is 9.61. The van der Waals surface area contributed by atoms with Gasteiger partial charge in [-0.15, -0.1) is 35.6 Å². The summed E-state index contributed by atoms with van der Waals surface area (Å²) in [5.41, 5.74) is 2.55. The number of anilines is 2. The molecule has 1 aliphatic rings. The van der Waals surface area contributed by atoms with Gasteiger partial charge in [-0.1, -0.05) is 12.1 Å². The van der Waals surface area contributed by atoms with Gasteiger partial charge in [0.15, 0.2) is 0 Å². The van der Waals surface area contributed by atoms with Crippen LogP contribution in [0.2, 0.25) is 0 Å². The van der Waals surface area contributed by atoms with Crippen LogP contribution in [0.1, 0.15) is 0 Å². The zero-order chi connectivity index (χ0) is 11.4. The number of halogens is 3. The predicted octanol–water partition coefficient (Wildman–Crippen LogP) is 3.21. The van der Waals surface area contributed by atoms with Crippen LogP contribution in [-0.2, 0) is 0 Å². The molecule has 0 amide bonds. The number of nitrogens with zero attached hydrogens (tertiary/aromatic N) is 2. The quantitative estimate of drug-likeness (QED) is 0.787. The fraction of sp³-hybridized carbons (Fsp3) is 0.500. The Hall–Kier alpha value is -0.310. The second-order valence-electron chi connectivity index (χ2n) is 3.84. The van der Waals surface area contributed by atoms with Crippen molar-refractivity contribution >= 4 is 47.0 Å². The molecule has 2 nitrogen and oxygen atoms in total. The molecule has 5 heteroatoms. The van der Waals surface area contributed by atoms with Gasteiger partial charge in [0.05, 0.1) is 11.4 Å². The molecule has 0 aromatic heterocycles. The van der Waals surface area contributed by atoms with Gasteiger partial charge >= 0.3 is 0 Å². The smallest absolute Gasteiger partial charge is 0.0605 e.